The standard InChI is InChI=1S/C22H31N5O3/c1-25(2)21(30)22-14-26(19(28)8-7-16-5-3-4-6-16)12-17(22)13-27(15-22)20(29)18-11-23-9-10-24-18/h9-11,16-17H,3-8,12-15H2,1-2H3. The Morgan fingerprint density at radius 3 is 2.47 bits per heavy atom. The molecule has 2 unspecified atom stereocenters. The summed E-state index contributed by atoms with van der Waals surface area (Å²) in [6.45, 7) is 1.70. The zero-order valence-electron chi connectivity index (χ0n) is 17.9. The van der Waals surface area contributed by atoms with Gasteiger partial charge in [0.2, 0.25) is 11.8 Å². The number of rotatable bonds is 5. The molecule has 1 aromatic heterocycles. The average Bonchev–Trinajstić information content (AvgIpc) is 3.46. The molecular formula is C22H31N5O3. The van der Waals surface area contributed by atoms with Gasteiger partial charge in [-0.1, -0.05) is 25.7 Å². The Bertz CT molecular complexity index is 808. The van der Waals surface area contributed by atoms with Gasteiger partial charge in [0.1, 0.15) is 5.69 Å². The van der Waals surface area contributed by atoms with Crippen LogP contribution in [0.15, 0.2) is 18.6 Å². The number of nitrogens with zero attached hydrogens (tertiary/aromatic N) is 5. The van der Waals surface area contributed by atoms with E-state index in [4.69, 9.17) is 0 Å². The van der Waals surface area contributed by atoms with E-state index in [1.807, 2.05) is 4.90 Å². The largest absolute Gasteiger partial charge is 0.348 e. The van der Waals surface area contributed by atoms with Crippen LogP contribution in [0.4, 0.5) is 0 Å². The van der Waals surface area contributed by atoms with Crippen LogP contribution in [0.1, 0.15) is 49.0 Å². The lowest BCUT2D eigenvalue weighted by atomic mass is 9.80. The lowest BCUT2D eigenvalue weighted by molar-refractivity contribution is -0.140. The van der Waals surface area contributed by atoms with Crippen molar-refractivity contribution < 1.29 is 14.4 Å². The second-order valence-corrected chi connectivity index (χ2v) is 9.29. The van der Waals surface area contributed by atoms with E-state index in [9.17, 15) is 14.4 Å². The van der Waals surface area contributed by atoms with Crippen molar-refractivity contribution in [3.63, 3.8) is 0 Å². The van der Waals surface area contributed by atoms with Crippen molar-refractivity contribution in [2.24, 2.45) is 17.3 Å². The van der Waals surface area contributed by atoms with E-state index in [1.165, 1.54) is 44.3 Å². The van der Waals surface area contributed by atoms with E-state index < -0.39 is 5.41 Å². The second-order valence-electron chi connectivity index (χ2n) is 9.29. The molecular weight excluding hydrogens is 382 g/mol. The zero-order valence-corrected chi connectivity index (χ0v) is 17.9. The molecule has 0 aromatic carbocycles. The molecule has 2 atom stereocenters. The molecule has 30 heavy (non-hydrogen) atoms. The van der Waals surface area contributed by atoms with Gasteiger partial charge in [-0.15, -0.1) is 0 Å². The van der Waals surface area contributed by atoms with Gasteiger partial charge in [-0.25, -0.2) is 4.98 Å². The Hall–Kier alpha value is -2.51. The Labute approximate surface area is 177 Å². The Kier molecular flexibility index (Phi) is 5.75. The summed E-state index contributed by atoms with van der Waals surface area (Å²) >= 11 is 0. The van der Waals surface area contributed by atoms with Crippen LogP contribution < -0.4 is 0 Å². The summed E-state index contributed by atoms with van der Waals surface area (Å²) in [7, 11) is 3.48. The van der Waals surface area contributed by atoms with E-state index in [0.29, 0.717) is 38.5 Å². The Morgan fingerprint density at radius 1 is 1.10 bits per heavy atom. The monoisotopic (exact) mass is 413 g/mol. The third kappa shape index (κ3) is 3.79. The molecule has 4 rings (SSSR count). The molecule has 0 bridgehead atoms. The maximum absolute atomic E-state index is 13.2. The molecule has 3 aliphatic rings. The van der Waals surface area contributed by atoms with Gasteiger partial charge < -0.3 is 14.7 Å². The first kappa shape index (κ1) is 20.8. The summed E-state index contributed by atoms with van der Waals surface area (Å²) in [4.78, 5) is 52.3. The van der Waals surface area contributed by atoms with Crippen molar-refractivity contribution in [2.75, 3.05) is 40.3 Å². The van der Waals surface area contributed by atoms with E-state index >= 15 is 0 Å². The predicted octanol–water partition coefficient (Wildman–Crippen LogP) is 1.44. The summed E-state index contributed by atoms with van der Waals surface area (Å²) in [6.07, 6.45) is 11.0. The summed E-state index contributed by atoms with van der Waals surface area (Å²) < 4.78 is 0. The van der Waals surface area contributed by atoms with Crippen LogP contribution in [-0.2, 0) is 9.59 Å². The molecule has 0 radical (unpaired) electrons. The number of hydrogen-bond donors (Lipinski definition) is 0. The fraction of sp³-hybridized carbons (Fsp3) is 0.682. The number of aromatic nitrogens is 2. The number of carbonyl (C=O) groups excluding carboxylic acids is 3. The second kappa shape index (κ2) is 8.32. The van der Waals surface area contributed by atoms with Crippen LogP contribution in [0.5, 0.6) is 0 Å². The highest BCUT2D eigenvalue weighted by molar-refractivity contribution is 5.94. The molecule has 1 saturated carbocycles. The fourth-order valence-electron chi connectivity index (χ4n) is 5.51. The number of amides is 3. The van der Waals surface area contributed by atoms with Gasteiger partial charge in [-0.3, -0.25) is 19.4 Å². The first-order chi connectivity index (χ1) is 14.4. The van der Waals surface area contributed by atoms with E-state index in [-0.39, 0.29) is 29.3 Å². The van der Waals surface area contributed by atoms with Crippen LogP contribution in [0.3, 0.4) is 0 Å². The highest BCUT2D eigenvalue weighted by atomic mass is 16.2. The van der Waals surface area contributed by atoms with E-state index in [0.717, 1.165) is 6.42 Å². The van der Waals surface area contributed by atoms with Gasteiger partial charge in [-0.05, 0) is 12.3 Å². The molecule has 0 N–H and O–H groups in total. The van der Waals surface area contributed by atoms with Gasteiger partial charge in [-0.2, -0.15) is 0 Å². The average molecular weight is 414 g/mol. The van der Waals surface area contributed by atoms with Crippen LogP contribution in [0.2, 0.25) is 0 Å². The quantitative estimate of drug-likeness (QED) is 0.729. The Balaban J connectivity index is 1.46. The predicted molar refractivity (Wildman–Crippen MR) is 110 cm³/mol. The first-order valence-electron chi connectivity index (χ1n) is 11.0. The van der Waals surface area contributed by atoms with Crippen LogP contribution in [-0.4, -0.2) is 82.7 Å². The molecule has 1 aromatic rings. The molecule has 8 heteroatoms. The SMILES string of the molecule is CN(C)C(=O)C12CN(C(=O)CCC3CCCC3)CC1CN(C(=O)c1cnccn1)C2. The van der Waals surface area contributed by atoms with Crippen LogP contribution in [0.25, 0.3) is 0 Å². The van der Waals surface area contributed by atoms with Crippen molar-refractivity contribution in [1.29, 1.82) is 0 Å². The van der Waals surface area contributed by atoms with Gasteiger partial charge in [0.25, 0.3) is 5.91 Å². The molecule has 8 nitrogen and oxygen atoms in total. The molecule has 2 aliphatic heterocycles. The summed E-state index contributed by atoms with van der Waals surface area (Å²) in [5.41, 5.74) is -0.445. The van der Waals surface area contributed by atoms with Crippen LogP contribution in [0, 0.1) is 17.3 Å². The van der Waals surface area contributed by atoms with Crippen molar-refractivity contribution in [1.82, 2.24) is 24.7 Å². The number of carbonyl (C=O) groups is 3. The topological polar surface area (TPSA) is 86.7 Å². The van der Waals surface area contributed by atoms with E-state index in [2.05, 4.69) is 9.97 Å². The fourth-order valence-corrected chi connectivity index (χ4v) is 5.51. The third-order valence-electron chi connectivity index (χ3n) is 7.10. The first-order valence-corrected chi connectivity index (χ1v) is 11.0. The lowest BCUT2D eigenvalue weighted by Gasteiger charge is -2.30. The molecule has 2 saturated heterocycles. The lowest BCUT2D eigenvalue weighted by Crippen LogP contribution is -2.48. The van der Waals surface area contributed by atoms with Gasteiger partial charge in [0.15, 0.2) is 0 Å². The van der Waals surface area contributed by atoms with Crippen molar-refractivity contribution in [3.8, 4) is 0 Å². The minimum absolute atomic E-state index is 0.00645. The number of hydrogen-bond acceptors (Lipinski definition) is 5. The van der Waals surface area contributed by atoms with Crippen molar-refractivity contribution in [3.05, 3.63) is 24.3 Å². The molecule has 0 spiro atoms. The third-order valence-corrected chi connectivity index (χ3v) is 7.10. The minimum atomic E-state index is -0.732. The summed E-state index contributed by atoms with van der Waals surface area (Å²) in [5.74, 6) is 0.557. The van der Waals surface area contributed by atoms with Crippen molar-refractivity contribution in [2.45, 2.75) is 38.5 Å². The van der Waals surface area contributed by atoms with Crippen molar-refractivity contribution >= 4 is 17.7 Å². The van der Waals surface area contributed by atoms with E-state index in [1.54, 1.807) is 23.9 Å². The maximum Gasteiger partial charge on any atom is 0.274 e. The Morgan fingerprint density at radius 2 is 1.80 bits per heavy atom. The number of likely N-dealkylation sites (tertiary alicyclic amines) is 2. The normalized spacial score (nSPS) is 26.1. The van der Waals surface area contributed by atoms with Gasteiger partial charge in [0, 0.05) is 65.0 Å². The summed E-state index contributed by atoms with van der Waals surface area (Å²) in [5, 5.41) is 0. The molecule has 1 aliphatic carbocycles. The maximum atomic E-state index is 13.2. The molecule has 3 amide bonds. The van der Waals surface area contributed by atoms with Gasteiger partial charge in [0.05, 0.1) is 11.6 Å². The van der Waals surface area contributed by atoms with Crippen LogP contribution >= 0.6 is 0 Å². The zero-order chi connectivity index (χ0) is 21.3. The smallest absolute Gasteiger partial charge is 0.274 e. The minimum Gasteiger partial charge on any atom is -0.348 e. The van der Waals surface area contributed by atoms with Gasteiger partial charge >= 0.3 is 0 Å². The number of fused-ring (bicyclic) bond motifs is 1. The highest BCUT2D eigenvalue weighted by Gasteiger charge is 2.59. The molecule has 3 fully saturated rings. The molecule has 162 valence electrons. The molecule has 3 heterocycles. The highest BCUT2D eigenvalue weighted by Crippen LogP contribution is 2.44. The summed E-state index contributed by atoms with van der Waals surface area (Å²) in [6, 6.07) is 0.